The molecular weight excluding hydrogens is 320 g/mol. The summed E-state index contributed by atoms with van der Waals surface area (Å²) in [5, 5.41) is 3.05. The van der Waals surface area contributed by atoms with Crippen LogP contribution >= 0.6 is 11.8 Å². The van der Waals surface area contributed by atoms with E-state index in [0.29, 0.717) is 12.5 Å². The van der Waals surface area contributed by atoms with Crippen LogP contribution in [-0.2, 0) is 16.1 Å². The molecule has 132 valence electrons. The average molecular weight is 349 g/mol. The summed E-state index contributed by atoms with van der Waals surface area (Å²) in [4.78, 5) is 14.8. The first-order valence-corrected chi connectivity index (χ1v) is 10.1. The molecule has 1 saturated carbocycles. The highest BCUT2D eigenvalue weighted by atomic mass is 32.2. The lowest BCUT2D eigenvalue weighted by Crippen LogP contribution is -2.32. The lowest BCUT2D eigenvalue weighted by Gasteiger charge is -2.26. The highest BCUT2D eigenvalue weighted by molar-refractivity contribution is 7.99. The summed E-state index contributed by atoms with van der Waals surface area (Å²) < 4.78 is 5.67. The molecule has 3 rings (SSSR count). The quantitative estimate of drug-likeness (QED) is 0.821. The molecule has 1 heterocycles. The fraction of sp³-hybridized carbons (Fsp3) is 0.632. The number of ether oxygens (including phenoxy) is 1. The number of aryl methyl sites for hydroxylation is 1. The molecule has 24 heavy (non-hydrogen) atoms. The summed E-state index contributed by atoms with van der Waals surface area (Å²) in [5.74, 6) is 3.05. The minimum atomic E-state index is -0.396. The zero-order chi connectivity index (χ0) is 16.9. The van der Waals surface area contributed by atoms with Gasteiger partial charge in [0.05, 0.1) is 6.61 Å². The first-order valence-electron chi connectivity index (χ1n) is 8.94. The second-order valence-electron chi connectivity index (χ2n) is 6.95. The van der Waals surface area contributed by atoms with Crippen molar-refractivity contribution in [2.45, 2.75) is 39.3 Å². The standard InChI is InChI=1S/C19H28N2O2S/c1-14-3-4-17(12-21-7-9-24-10-8-21)11-18(14)20-19(22)15(2)23-13-16-5-6-16/h3-4,11,15-16H,5-10,12-13H2,1-2H3,(H,20,22)/t15-/m1/s1. The van der Waals surface area contributed by atoms with Crippen LogP contribution in [0.1, 0.15) is 30.9 Å². The van der Waals surface area contributed by atoms with Gasteiger partial charge in [-0.2, -0.15) is 11.8 Å². The van der Waals surface area contributed by atoms with Crippen LogP contribution in [-0.4, -0.2) is 48.1 Å². The van der Waals surface area contributed by atoms with Crippen molar-refractivity contribution in [2.24, 2.45) is 5.92 Å². The molecule has 1 aliphatic heterocycles. The zero-order valence-corrected chi connectivity index (χ0v) is 15.5. The summed E-state index contributed by atoms with van der Waals surface area (Å²) in [5.41, 5.74) is 3.26. The van der Waals surface area contributed by atoms with Gasteiger partial charge in [0.15, 0.2) is 0 Å². The van der Waals surface area contributed by atoms with Crippen molar-refractivity contribution in [1.29, 1.82) is 0 Å². The number of hydrogen-bond acceptors (Lipinski definition) is 4. The maximum Gasteiger partial charge on any atom is 0.253 e. The number of carbonyl (C=O) groups excluding carboxylic acids is 1. The summed E-state index contributed by atoms with van der Waals surface area (Å²) >= 11 is 2.02. The Kier molecular flexibility index (Phi) is 6.19. The Morgan fingerprint density at radius 1 is 1.38 bits per heavy atom. The van der Waals surface area contributed by atoms with Gasteiger partial charge >= 0.3 is 0 Å². The summed E-state index contributed by atoms with van der Waals surface area (Å²) in [7, 11) is 0. The molecule has 1 saturated heterocycles. The molecular formula is C19H28N2O2S. The Hall–Kier alpha value is -1.04. The van der Waals surface area contributed by atoms with Gasteiger partial charge in [0.2, 0.25) is 0 Å². The summed E-state index contributed by atoms with van der Waals surface area (Å²) in [6, 6.07) is 6.38. The van der Waals surface area contributed by atoms with E-state index >= 15 is 0 Å². The Bertz CT molecular complexity index is 568. The summed E-state index contributed by atoms with van der Waals surface area (Å²) in [6.45, 7) is 7.82. The number of thioether (sulfide) groups is 1. The normalized spacial score (nSPS) is 19.9. The average Bonchev–Trinajstić information content (AvgIpc) is 3.41. The first-order chi connectivity index (χ1) is 11.6. The second kappa shape index (κ2) is 8.37. The smallest absolute Gasteiger partial charge is 0.253 e. The maximum atomic E-state index is 12.3. The van der Waals surface area contributed by atoms with Gasteiger partial charge in [0.1, 0.15) is 6.10 Å². The van der Waals surface area contributed by atoms with E-state index in [4.69, 9.17) is 4.74 Å². The number of nitrogens with zero attached hydrogens (tertiary/aromatic N) is 1. The number of carbonyl (C=O) groups is 1. The van der Waals surface area contributed by atoms with Gasteiger partial charge in [-0.1, -0.05) is 12.1 Å². The number of anilines is 1. The Morgan fingerprint density at radius 2 is 2.12 bits per heavy atom. The van der Waals surface area contributed by atoms with E-state index in [0.717, 1.165) is 30.9 Å². The number of rotatable bonds is 7. The molecule has 1 aromatic rings. The summed E-state index contributed by atoms with van der Waals surface area (Å²) in [6.07, 6.45) is 2.09. The molecule has 2 aliphatic rings. The van der Waals surface area contributed by atoms with Crippen molar-refractivity contribution in [3.63, 3.8) is 0 Å². The molecule has 1 atom stereocenters. The van der Waals surface area contributed by atoms with Crippen LogP contribution in [0.3, 0.4) is 0 Å². The van der Waals surface area contributed by atoms with E-state index in [1.54, 1.807) is 0 Å². The van der Waals surface area contributed by atoms with Crippen molar-refractivity contribution >= 4 is 23.4 Å². The Balaban J connectivity index is 1.56. The van der Waals surface area contributed by atoms with Gasteiger partial charge in [-0.25, -0.2) is 0 Å². The minimum Gasteiger partial charge on any atom is -0.368 e. The van der Waals surface area contributed by atoms with Gasteiger partial charge < -0.3 is 10.1 Å². The van der Waals surface area contributed by atoms with Crippen molar-refractivity contribution in [1.82, 2.24) is 4.90 Å². The van der Waals surface area contributed by atoms with Gasteiger partial charge in [-0.3, -0.25) is 9.69 Å². The number of hydrogen-bond donors (Lipinski definition) is 1. The molecule has 0 unspecified atom stereocenters. The third kappa shape index (κ3) is 5.23. The van der Waals surface area contributed by atoms with Crippen LogP contribution in [0.2, 0.25) is 0 Å². The molecule has 1 N–H and O–H groups in total. The Morgan fingerprint density at radius 3 is 2.83 bits per heavy atom. The highest BCUT2D eigenvalue weighted by Gasteiger charge is 2.24. The molecule has 0 radical (unpaired) electrons. The van der Waals surface area contributed by atoms with Crippen molar-refractivity contribution in [3.05, 3.63) is 29.3 Å². The van der Waals surface area contributed by atoms with Crippen LogP contribution in [0.15, 0.2) is 18.2 Å². The molecule has 5 heteroatoms. The predicted molar refractivity (Wildman–Crippen MR) is 101 cm³/mol. The Labute approximate surface area is 149 Å². The van der Waals surface area contributed by atoms with Gasteiger partial charge in [-0.15, -0.1) is 0 Å². The van der Waals surface area contributed by atoms with Crippen LogP contribution < -0.4 is 5.32 Å². The first kappa shape index (κ1) is 17.8. The zero-order valence-electron chi connectivity index (χ0n) is 14.7. The van der Waals surface area contributed by atoms with E-state index in [1.807, 2.05) is 25.6 Å². The van der Waals surface area contributed by atoms with Crippen LogP contribution in [0.25, 0.3) is 0 Å². The molecule has 0 spiro atoms. The molecule has 0 aromatic heterocycles. The molecule has 1 amide bonds. The molecule has 1 aromatic carbocycles. The van der Waals surface area contributed by atoms with Crippen molar-refractivity contribution in [3.8, 4) is 0 Å². The van der Waals surface area contributed by atoms with Crippen LogP contribution in [0.5, 0.6) is 0 Å². The van der Waals surface area contributed by atoms with Gasteiger partial charge in [-0.05, 0) is 49.8 Å². The lowest BCUT2D eigenvalue weighted by molar-refractivity contribution is -0.126. The molecule has 0 bridgehead atoms. The molecule has 4 nitrogen and oxygen atoms in total. The van der Waals surface area contributed by atoms with Crippen molar-refractivity contribution < 1.29 is 9.53 Å². The van der Waals surface area contributed by atoms with E-state index < -0.39 is 6.10 Å². The number of nitrogens with one attached hydrogen (secondary N) is 1. The minimum absolute atomic E-state index is 0.0507. The third-order valence-corrected chi connectivity index (χ3v) is 5.66. The monoisotopic (exact) mass is 348 g/mol. The van der Waals surface area contributed by atoms with E-state index in [1.165, 1.54) is 29.9 Å². The van der Waals surface area contributed by atoms with Gasteiger partial charge in [0, 0.05) is 36.8 Å². The lowest BCUT2D eigenvalue weighted by atomic mass is 10.1. The second-order valence-corrected chi connectivity index (χ2v) is 8.17. The molecule has 2 fully saturated rings. The van der Waals surface area contributed by atoms with E-state index in [9.17, 15) is 4.79 Å². The largest absolute Gasteiger partial charge is 0.368 e. The predicted octanol–water partition coefficient (Wildman–Crippen LogP) is 3.30. The van der Waals surface area contributed by atoms with E-state index in [-0.39, 0.29) is 5.91 Å². The van der Waals surface area contributed by atoms with Crippen LogP contribution in [0, 0.1) is 12.8 Å². The number of benzene rings is 1. The SMILES string of the molecule is Cc1ccc(CN2CCSCC2)cc1NC(=O)[C@@H](C)OCC1CC1. The fourth-order valence-corrected chi connectivity index (χ4v) is 3.77. The van der Waals surface area contributed by atoms with Gasteiger partial charge in [0.25, 0.3) is 5.91 Å². The van der Waals surface area contributed by atoms with Crippen molar-refractivity contribution in [2.75, 3.05) is 36.5 Å². The third-order valence-electron chi connectivity index (χ3n) is 4.72. The molecule has 1 aliphatic carbocycles. The van der Waals surface area contributed by atoms with Crippen LogP contribution in [0.4, 0.5) is 5.69 Å². The number of amides is 1. The highest BCUT2D eigenvalue weighted by Crippen LogP contribution is 2.29. The maximum absolute atomic E-state index is 12.3. The topological polar surface area (TPSA) is 41.6 Å². The van der Waals surface area contributed by atoms with E-state index in [2.05, 4.69) is 28.4 Å². The fourth-order valence-electron chi connectivity index (χ4n) is 2.79.